The highest BCUT2D eigenvalue weighted by Gasteiger charge is 2.18. The van der Waals surface area contributed by atoms with Gasteiger partial charge in [0, 0.05) is 18.2 Å². The van der Waals surface area contributed by atoms with E-state index in [1.54, 1.807) is 17.7 Å². The molecule has 0 unspecified atom stereocenters. The Labute approximate surface area is 126 Å². The lowest BCUT2D eigenvalue weighted by Crippen LogP contribution is -2.15. The highest BCUT2D eigenvalue weighted by Crippen LogP contribution is 2.29. The van der Waals surface area contributed by atoms with Gasteiger partial charge in [0.15, 0.2) is 9.84 Å². The summed E-state index contributed by atoms with van der Waals surface area (Å²) in [4.78, 5) is 11.9. The zero-order chi connectivity index (χ0) is 15.6. The summed E-state index contributed by atoms with van der Waals surface area (Å²) in [6.07, 6.45) is 0. The van der Waals surface area contributed by atoms with E-state index in [1.165, 1.54) is 7.11 Å². The van der Waals surface area contributed by atoms with Gasteiger partial charge in [-0.2, -0.15) is 5.10 Å². The highest BCUT2D eigenvalue weighted by molar-refractivity contribution is 7.91. The Morgan fingerprint density at radius 1 is 1.52 bits per heavy atom. The van der Waals surface area contributed by atoms with Gasteiger partial charge in [0.05, 0.1) is 24.6 Å². The number of sulfone groups is 1. The number of fused-ring (bicyclic) bond motifs is 1. The number of ether oxygens (including phenoxy) is 1. The van der Waals surface area contributed by atoms with Gasteiger partial charge in [0.1, 0.15) is 9.71 Å². The van der Waals surface area contributed by atoms with Gasteiger partial charge in [0.2, 0.25) is 0 Å². The number of carbonyl (C=O) groups is 1. The number of hydrogen-bond donors (Lipinski definition) is 1. The van der Waals surface area contributed by atoms with Gasteiger partial charge in [-0.3, -0.25) is 4.68 Å². The van der Waals surface area contributed by atoms with Crippen molar-refractivity contribution in [2.24, 2.45) is 0 Å². The molecule has 2 heterocycles. The van der Waals surface area contributed by atoms with Crippen molar-refractivity contribution in [3.8, 4) is 0 Å². The lowest BCUT2D eigenvalue weighted by atomic mass is 10.3. The molecule has 0 bridgehead atoms. The van der Waals surface area contributed by atoms with E-state index in [0.717, 1.165) is 11.3 Å². The predicted molar refractivity (Wildman–Crippen MR) is 79.6 cm³/mol. The van der Waals surface area contributed by atoms with Crippen LogP contribution in [0, 0.1) is 0 Å². The number of nitrogens with zero attached hydrogens (tertiary/aromatic N) is 2. The number of thiophene rings is 1. The zero-order valence-electron chi connectivity index (χ0n) is 11.7. The first kappa shape index (κ1) is 15.9. The van der Waals surface area contributed by atoms with Crippen LogP contribution in [0.2, 0.25) is 0 Å². The number of rotatable bonds is 7. The molecule has 21 heavy (non-hydrogen) atoms. The molecule has 0 saturated heterocycles. The van der Waals surface area contributed by atoms with E-state index >= 15 is 0 Å². The lowest BCUT2D eigenvalue weighted by molar-refractivity contribution is 0.0702. The second-order valence-electron chi connectivity index (χ2n) is 4.47. The van der Waals surface area contributed by atoms with E-state index in [9.17, 15) is 13.2 Å². The summed E-state index contributed by atoms with van der Waals surface area (Å²) in [5.74, 6) is -0.951. The van der Waals surface area contributed by atoms with Crippen molar-refractivity contribution in [1.29, 1.82) is 0 Å². The van der Waals surface area contributed by atoms with Crippen LogP contribution in [0.15, 0.2) is 6.07 Å². The predicted octanol–water partition coefficient (Wildman–Crippen LogP) is 1.38. The number of carboxylic acid groups (broad SMARTS) is 1. The lowest BCUT2D eigenvalue weighted by Gasteiger charge is -2.02. The molecule has 0 atom stereocenters. The minimum atomic E-state index is -3.10. The molecule has 0 aliphatic heterocycles. The molecule has 2 rings (SSSR count). The molecule has 0 fully saturated rings. The molecule has 0 saturated carbocycles. The summed E-state index contributed by atoms with van der Waals surface area (Å²) in [5.41, 5.74) is 0.616. The summed E-state index contributed by atoms with van der Waals surface area (Å²) >= 11 is 1.09. The molecule has 0 aliphatic carbocycles. The molecule has 9 heteroatoms. The smallest absolute Gasteiger partial charge is 0.345 e. The Hall–Kier alpha value is -1.45. The van der Waals surface area contributed by atoms with E-state index in [2.05, 4.69) is 5.10 Å². The van der Waals surface area contributed by atoms with Crippen LogP contribution in [-0.4, -0.2) is 47.9 Å². The Bertz CT molecular complexity index is 760. The number of aryl methyl sites for hydroxylation is 1. The standard InChI is InChI=1S/C12H16N2O5S2/c1-3-21(17,18)5-4-14-11-8(9(13-14)7-19-2)6-10(20-11)12(15)16/h6H,3-5,7H2,1-2H3,(H,15,16). The average Bonchev–Trinajstić information content (AvgIpc) is 2.98. The molecule has 0 aliphatic rings. The minimum Gasteiger partial charge on any atom is -0.477 e. The Balaban J connectivity index is 2.40. The molecule has 0 spiro atoms. The van der Waals surface area contributed by atoms with E-state index < -0.39 is 15.8 Å². The van der Waals surface area contributed by atoms with Gasteiger partial charge in [-0.1, -0.05) is 6.92 Å². The van der Waals surface area contributed by atoms with E-state index in [0.29, 0.717) is 15.9 Å². The van der Waals surface area contributed by atoms with Crippen LogP contribution in [0.3, 0.4) is 0 Å². The first-order chi connectivity index (χ1) is 9.88. The number of hydrogen-bond acceptors (Lipinski definition) is 6. The molecule has 0 radical (unpaired) electrons. The fraction of sp³-hybridized carbons (Fsp3) is 0.500. The average molecular weight is 332 g/mol. The maximum Gasteiger partial charge on any atom is 0.345 e. The van der Waals surface area contributed by atoms with Crippen LogP contribution in [-0.2, 0) is 27.7 Å². The molecule has 7 nitrogen and oxygen atoms in total. The van der Waals surface area contributed by atoms with Gasteiger partial charge >= 0.3 is 5.97 Å². The van der Waals surface area contributed by atoms with Gasteiger partial charge in [0.25, 0.3) is 0 Å². The van der Waals surface area contributed by atoms with Gasteiger partial charge in [-0.05, 0) is 6.07 Å². The Kier molecular flexibility index (Phi) is 4.64. The minimum absolute atomic E-state index is 0.0208. The zero-order valence-corrected chi connectivity index (χ0v) is 13.3. The second-order valence-corrected chi connectivity index (χ2v) is 7.98. The van der Waals surface area contributed by atoms with Crippen molar-refractivity contribution in [2.75, 3.05) is 18.6 Å². The van der Waals surface area contributed by atoms with Crippen LogP contribution >= 0.6 is 11.3 Å². The summed E-state index contributed by atoms with van der Waals surface area (Å²) < 4.78 is 29.8. The fourth-order valence-corrected chi connectivity index (χ4v) is 3.63. The molecule has 1 N–H and O–H groups in total. The SMILES string of the molecule is CCS(=O)(=O)CCn1nc(COC)c2cc(C(=O)O)sc21. The van der Waals surface area contributed by atoms with E-state index in [1.807, 2.05) is 0 Å². The molecule has 0 amide bonds. The first-order valence-corrected chi connectivity index (χ1v) is 8.93. The largest absolute Gasteiger partial charge is 0.477 e. The van der Waals surface area contributed by atoms with Crippen molar-refractivity contribution < 1.29 is 23.1 Å². The maximum absolute atomic E-state index is 11.6. The normalized spacial score (nSPS) is 12.1. The number of carboxylic acids is 1. The van der Waals surface area contributed by atoms with Crippen LogP contribution in [0.4, 0.5) is 0 Å². The number of aromatic nitrogens is 2. The van der Waals surface area contributed by atoms with E-state index in [4.69, 9.17) is 9.84 Å². The molecule has 2 aromatic rings. The van der Waals surface area contributed by atoms with Crippen molar-refractivity contribution in [1.82, 2.24) is 9.78 Å². The third kappa shape index (κ3) is 3.42. The topological polar surface area (TPSA) is 98.5 Å². The van der Waals surface area contributed by atoms with Crippen LogP contribution < -0.4 is 0 Å². The Morgan fingerprint density at radius 2 is 2.24 bits per heavy atom. The molecular weight excluding hydrogens is 316 g/mol. The Morgan fingerprint density at radius 3 is 2.81 bits per heavy atom. The van der Waals surface area contributed by atoms with Gasteiger partial charge in [-0.15, -0.1) is 11.3 Å². The highest BCUT2D eigenvalue weighted by atomic mass is 32.2. The molecule has 0 aromatic carbocycles. The molecule has 116 valence electrons. The summed E-state index contributed by atoms with van der Waals surface area (Å²) in [6, 6.07) is 1.55. The van der Waals surface area contributed by atoms with Gasteiger partial charge in [-0.25, -0.2) is 13.2 Å². The quantitative estimate of drug-likeness (QED) is 0.822. The monoisotopic (exact) mass is 332 g/mol. The number of aromatic carboxylic acids is 1. The summed E-state index contributed by atoms with van der Waals surface area (Å²) in [6.45, 7) is 2.05. The first-order valence-electron chi connectivity index (χ1n) is 6.30. The van der Waals surface area contributed by atoms with Crippen molar-refractivity contribution in [2.45, 2.75) is 20.1 Å². The molecular formula is C12H16N2O5S2. The van der Waals surface area contributed by atoms with Gasteiger partial charge < -0.3 is 9.84 Å². The van der Waals surface area contributed by atoms with Crippen molar-refractivity contribution >= 4 is 37.4 Å². The van der Waals surface area contributed by atoms with Crippen molar-refractivity contribution in [3.63, 3.8) is 0 Å². The third-order valence-corrected chi connectivity index (χ3v) is 5.87. The fourth-order valence-electron chi connectivity index (χ4n) is 1.90. The third-order valence-electron chi connectivity index (χ3n) is 3.04. The molecule has 2 aromatic heterocycles. The van der Waals surface area contributed by atoms with Crippen LogP contribution in [0.5, 0.6) is 0 Å². The van der Waals surface area contributed by atoms with Crippen molar-refractivity contribution in [3.05, 3.63) is 16.6 Å². The maximum atomic E-state index is 11.6. The second kappa shape index (κ2) is 6.12. The summed E-state index contributed by atoms with van der Waals surface area (Å²) in [5, 5.41) is 14.1. The summed E-state index contributed by atoms with van der Waals surface area (Å²) in [7, 11) is -1.58. The van der Waals surface area contributed by atoms with Crippen LogP contribution in [0.1, 0.15) is 22.3 Å². The van der Waals surface area contributed by atoms with E-state index in [-0.39, 0.29) is 29.5 Å². The van der Waals surface area contributed by atoms with Crippen LogP contribution in [0.25, 0.3) is 10.2 Å². The number of methoxy groups -OCH3 is 1.